The minimum absolute atomic E-state index is 0.00999. The van der Waals surface area contributed by atoms with Crippen molar-refractivity contribution in [3.63, 3.8) is 0 Å². The fourth-order valence-corrected chi connectivity index (χ4v) is 3.40. The molecule has 0 aromatic heterocycles. The first-order chi connectivity index (χ1) is 16.1. The van der Waals surface area contributed by atoms with Crippen molar-refractivity contribution in [2.24, 2.45) is 0 Å². The van der Waals surface area contributed by atoms with Gasteiger partial charge < -0.3 is 24.0 Å². The van der Waals surface area contributed by atoms with Crippen LogP contribution in [0.4, 0.5) is 0 Å². The number of carbonyl (C=O) groups excluding carboxylic acids is 5. The Morgan fingerprint density at radius 1 is 0.794 bits per heavy atom. The van der Waals surface area contributed by atoms with Gasteiger partial charge in [-0.2, -0.15) is 0 Å². The smallest absolute Gasteiger partial charge is 0.306 e. The molecule has 2 aliphatic heterocycles. The lowest BCUT2D eigenvalue weighted by Crippen LogP contribution is -2.42. The van der Waals surface area contributed by atoms with Crippen LogP contribution >= 0.6 is 0 Å². The molecule has 0 aromatic rings. The lowest BCUT2D eigenvalue weighted by molar-refractivity contribution is -0.156. The van der Waals surface area contributed by atoms with Crippen LogP contribution < -0.4 is 0 Å². The molecule has 0 N–H and O–H groups in total. The second kappa shape index (κ2) is 13.2. The Balaban J connectivity index is 1.76. The molecule has 1 fully saturated rings. The lowest BCUT2D eigenvalue weighted by atomic mass is 10.2. The van der Waals surface area contributed by atoms with Crippen molar-refractivity contribution in [2.75, 3.05) is 59.2 Å². The maximum atomic E-state index is 12.6. The van der Waals surface area contributed by atoms with Crippen LogP contribution in [0.15, 0.2) is 12.2 Å². The van der Waals surface area contributed by atoms with Crippen molar-refractivity contribution >= 4 is 29.6 Å². The molecule has 11 heteroatoms. The quantitative estimate of drug-likeness (QED) is 0.387. The number of hydrogen-bond donors (Lipinski definition) is 0. The summed E-state index contributed by atoms with van der Waals surface area (Å²) in [7, 11) is 0. The summed E-state index contributed by atoms with van der Waals surface area (Å²) in [5, 5.41) is 0. The van der Waals surface area contributed by atoms with Crippen LogP contribution in [0, 0.1) is 0 Å². The summed E-state index contributed by atoms with van der Waals surface area (Å²) >= 11 is 0. The van der Waals surface area contributed by atoms with Crippen LogP contribution in [0.5, 0.6) is 0 Å². The monoisotopic (exact) mass is 481 g/mol. The first-order valence-corrected chi connectivity index (χ1v) is 11.5. The van der Waals surface area contributed by atoms with E-state index < -0.39 is 23.4 Å². The van der Waals surface area contributed by atoms with E-state index in [1.54, 1.807) is 30.6 Å². The van der Waals surface area contributed by atoms with Gasteiger partial charge in [0.1, 0.15) is 5.60 Å². The molecule has 0 saturated carbocycles. The van der Waals surface area contributed by atoms with Gasteiger partial charge in [-0.25, -0.2) is 0 Å². The van der Waals surface area contributed by atoms with Crippen LogP contribution in [0.1, 0.15) is 40.0 Å². The van der Waals surface area contributed by atoms with Gasteiger partial charge in [0.25, 0.3) is 11.8 Å². The number of rotatable bonds is 6. The Kier molecular flexibility index (Phi) is 10.6. The van der Waals surface area contributed by atoms with Crippen molar-refractivity contribution in [2.45, 2.75) is 45.6 Å². The molecule has 0 radical (unpaired) electrons. The lowest BCUT2D eigenvalue weighted by Gasteiger charge is -2.27. The molecule has 34 heavy (non-hydrogen) atoms. The Labute approximate surface area is 199 Å². The number of imide groups is 1. The third-order valence-corrected chi connectivity index (χ3v) is 5.14. The van der Waals surface area contributed by atoms with E-state index in [9.17, 15) is 24.0 Å². The van der Waals surface area contributed by atoms with E-state index in [2.05, 4.69) is 0 Å². The topological polar surface area (TPSA) is 123 Å². The summed E-state index contributed by atoms with van der Waals surface area (Å²) < 4.78 is 16.5. The van der Waals surface area contributed by atoms with Crippen LogP contribution in [0.25, 0.3) is 0 Å². The molecule has 11 nitrogen and oxygen atoms in total. The number of carbonyl (C=O) groups is 5. The maximum Gasteiger partial charge on any atom is 0.306 e. The number of nitrogens with zero attached hydrogens (tertiary/aromatic N) is 3. The van der Waals surface area contributed by atoms with Gasteiger partial charge in [0.15, 0.2) is 0 Å². The van der Waals surface area contributed by atoms with Gasteiger partial charge in [-0.15, -0.1) is 0 Å². The fourth-order valence-electron chi connectivity index (χ4n) is 3.40. The van der Waals surface area contributed by atoms with Crippen molar-refractivity contribution in [1.29, 1.82) is 0 Å². The first-order valence-electron chi connectivity index (χ1n) is 11.5. The average molecular weight is 482 g/mol. The van der Waals surface area contributed by atoms with Gasteiger partial charge >= 0.3 is 5.97 Å². The summed E-state index contributed by atoms with van der Waals surface area (Å²) in [5.41, 5.74) is -0.592. The van der Waals surface area contributed by atoms with Gasteiger partial charge in [0.2, 0.25) is 11.8 Å². The molecule has 0 aliphatic carbocycles. The second-order valence-electron chi connectivity index (χ2n) is 8.98. The largest absolute Gasteiger partial charge is 0.460 e. The Morgan fingerprint density at radius 3 is 1.68 bits per heavy atom. The molecule has 4 amide bonds. The Morgan fingerprint density at radius 2 is 1.24 bits per heavy atom. The summed E-state index contributed by atoms with van der Waals surface area (Å²) in [6, 6.07) is 0. The third-order valence-electron chi connectivity index (χ3n) is 5.14. The summed E-state index contributed by atoms with van der Waals surface area (Å²) in [6.45, 7) is 7.81. The van der Waals surface area contributed by atoms with E-state index >= 15 is 0 Å². The van der Waals surface area contributed by atoms with E-state index in [-0.39, 0.29) is 64.0 Å². The van der Waals surface area contributed by atoms with Crippen LogP contribution in [0.3, 0.4) is 0 Å². The van der Waals surface area contributed by atoms with Crippen LogP contribution in [-0.4, -0.2) is 109 Å². The molecule has 0 spiro atoms. The van der Waals surface area contributed by atoms with E-state index in [1.807, 2.05) is 0 Å². The highest BCUT2D eigenvalue weighted by molar-refractivity contribution is 6.13. The van der Waals surface area contributed by atoms with E-state index in [0.717, 1.165) is 4.90 Å². The normalized spacial score (nSPS) is 18.5. The molecular weight excluding hydrogens is 446 g/mol. The molecule has 0 bridgehead atoms. The minimum Gasteiger partial charge on any atom is -0.460 e. The van der Waals surface area contributed by atoms with E-state index in [4.69, 9.17) is 14.2 Å². The molecule has 0 unspecified atom stereocenters. The van der Waals surface area contributed by atoms with Gasteiger partial charge in [-0.3, -0.25) is 28.9 Å². The standard InChI is InChI=1S/C23H35N3O8/c1-23(2,3)34-22(31)7-6-18(27)24-10-14-32-16-12-25(13-17-33-15-11-24)19(28)8-9-26-20(29)4-5-21(26)30/h4-5H,6-17H2,1-3H3. The van der Waals surface area contributed by atoms with E-state index in [0.29, 0.717) is 26.2 Å². The minimum atomic E-state index is -0.592. The molecular formula is C23H35N3O8. The second-order valence-corrected chi connectivity index (χ2v) is 8.98. The van der Waals surface area contributed by atoms with Crippen molar-refractivity contribution in [1.82, 2.24) is 14.7 Å². The summed E-state index contributed by atoms with van der Waals surface area (Å²) in [5.74, 6) is -1.61. The van der Waals surface area contributed by atoms with Crippen LogP contribution in [0.2, 0.25) is 0 Å². The first kappa shape index (κ1) is 27.5. The average Bonchev–Trinajstić information content (AvgIpc) is 3.06. The Hall–Kier alpha value is -2.79. The van der Waals surface area contributed by atoms with Gasteiger partial charge in [-0.05, 0) is 20.8 Å². The predicted octanol–water partition coefficient (Wildman–Crippen LogP) is 0.127. The molecule has 2 rings (SSSR count). The number of hydrogen-bond acceptors (Lipinski definition) is 8. The van der Waals surface area contributed by atoms with Crippen molar-refractivity contribution < 1.29 is 38.2 Å². The zero-order valence-corrected chi connectivity index (χ0v) is 20.2. The van der Waals surface area contributed by atoms with Crippen molar-refractivity contribution in [3.05, 3.63) is 12.2 Å². The fraction of sp³-hybridized carbons (Fsp3) is 0.696. The summed E-state index contributed by atoms with van der Waals surface area (Å²) in [4.78, 5) is 64.5. The third kappa shape index (κ3) is 9.60. The molecule has 190 valence electrons. The SMILES string of the molecule is CC(C)(C)OC(=O)CCC(=O)N1CCOCCN(C(=O)CCN2C(=O)C=CC2=O)CCOCC1. The van der Waals surface area contributed by atoms with Crippen LogP contribution in [-0.2, 0) is 38.2 Å². The number of esters is 1. The molecule has 1 saturated heterocycles. The number of amides is 4. The molecule has 2 heterocycles. The highest BCUT2D eigenvalue weighted by atomic mass is 16.6. The zero-order chi connectivity index (χ0) is 25.1. The molecule has 0 atom stereocenters. The van der Waals surface area contributed by atoms with Gasteiger partial charge in [-0.1, -0.05) is 0 Å². The van der Waals surface area contributed by atoms with Gasteiger partial charge in [0.05, 0.1) is 32.8 Å². The molecule has 2 aliphatic rings. The highest BCUT2D eigenvalue weighted by Crippen LogP contribution is 2.10. The zero-order valence-electron chi connectivity index (χ0n) is 20.2. The highest BCUT2D eigenvalue weighted by Gasteiger charge is 2.25. The maximum absolute atomic E-state index is 12.6. The summed E-state index contributed by atoms with van der Waals surface area (Å²) in [6.07, 6.45) is 2.47. The van der Waals surface area contributed by atoms with E-state index in [1.165, 1.54) is 12.2 Å². The molecule has 0 aromatic carbocycles. The Bertz CT molecular complexity index is 758. The predicted molar refractivity (Wildman–Crippen MR) is 120 cm³/mol. The van der Waals surface area contributed by atoms with Crippen molar-refractivity contribution in [3.8, 4) is 0 Å². The number of ether oxygens (including phenoxy) is 3. The van der Waals surface area contributed by atoms with Gasteiger partial charge in [0, 0.05) is 57.7 Å².